The Morgan fingerprint density at radius 1 is 1.33 bits per heavy atom. The van der Waals surface area contributed by atoms with E-state index < -0.39 is 0 Å². The molecule has 4 nitrogen and oxygen atoms in total. The lowest BCUT2D eigenvalue weighted by molar-refractivity contribution is 0.0378. The molecule has 1 aromatic carbocycles. The Bertz CT molecular complexity index is 380. The molecule has 1 aliphatic rings. The largest absolute Gasteiger partial charge is 0.397 e. The molecule has 1 saturated heterocycles. The average molecular weight is 253 g/mol. The number of nitrogens with one attached hydrogen (secondary N) is 1. The van der Waals surface area contributed by atoms with Crippen molar-refractivity contribution in [1.29, 1.82) is 0 Å². The highest BCUT2D eigenvalue weighted by atomic mass is 19.1. The number of hydrogen-bond donors (Lipinski definition) is 2. The lowest BCUT2D eigenvalue weighted by Crippen LogP contribution is -2.37. The summed E-state index contributed by atoms with van der Waals surface area (Å²) in [6.45, 7) is 5.58. The number of nitrogen functional groups attached to an aromatic ring is 1. The lowest BCUT2D eigenvalue weighted by Gasteiger charge is -2.26. The number of halogens is 1. The van der Waals surface area contributed by atoms with Crippen molar-refractivity contribution in [2.24, 2.45) is 0 Å². The predicted octanol–water partition coefficient (Wildman–Crippen LogP) is 1.54. The average Bonchev–Trinajstić information content (AvgIpc) is 2.38. The molecule has 1 aliphatic heterocycles. The van der Waals surface area contributed by atoms with Crippen LogP contribution in [0.15, 0.2) is 18.2 Å². The minimum Gasteiger partial charge on any atom is -0.397 e. The fourth-order valence-electron chi connectivity index (χ4n) is 2.05. The van der Waals surface area contributed by atoms with Gasteiger partial charge in [0.05, 0.1) is 24.6 Å². The van der Waals surface area contributed by atoms with Crippen molar-refractivity contribution in [2.45, 2.75) is 6.42 Å². The molecule has 1 fully saturated rings. The zero-order valence-corrected chi connectivity index (χ0v) is 10.5. The smallest absolute Gasteiger partial charge is 0.125 e. The third-order valence-electron chi connectivity index (χ3n) is 3.08. The van der Waals surface area contributed by atoms with Crippen LogP contribution < -0.4 is 11.1 Å². The van der Waals surface area contributed by atoms with E-state index in [1.165, 1.54) is 12.1 Å². The molecule has 1 heterocycles. The molecule has 100 valence electrons. The van der Waals surface area contributed by atoms with Crippen LogP contribution in [-0.4, -0.2) is 44.3 Å². The van der Waals surface area contributed by atoms with E-state index in [0.717, 1.165) is 51.5 Å². The number of anilines is 2. The topological polar surface area (TPSA) is 50.5 Å². The number of hydrogen-bond acceptors (Lipinski definition) is 4. The molecule has 0 bridgehead atoms. The van der Waals surface area contributed by atoms with E-state index in [1.54, 1.807) is 6.07 Å². The van der Waals surface area contributed by atoms with Crippen molar-refractivity contribution < 1.29 is 9.13 Å². The summed E-state index contributed by atoms with van der Waals surface area (Å²) in [7, 11) is 0. The normalized spacial score (nSPS) is 16.7. The predicted molar refractivity (Wildman–Crippen MR) is 71.2 cm³/mol. The molecule has 0 aliphatic carbocycles. The first kappa shape index (κ1) is 13.1. The van der Waals surface area contributed by atoms with Crippen molar-refractivity contribution in [1.82, 2.24) is 4.90 Å². The maximum Gasteiger partial charge on any atom is 0.125 e. The molecule has 0 spiro atoms. The third kappa shape index (κ3) is 3.85. The van der Waals surface area contributed by atoms with Gasteiger partial charge in [-0.3, -0.25) is 4.90 Å². The highest BCUT2D eigenvalue weighted by molar-refractivity contribution is 5.65. The fourth-order valence-corrected chi connectivity index (χ4v) is 2.05. The van der Waals surface area contributed by atoms with Gasteiger partial charge in [0, 0.05) is 19.6 Å². The lowest BCUT2D eigenvalue weighted by atomic mass is 10.2. The van der Waals surface area contributed by atoms with Crippen molar-refractivity contribution in [3.63, 3.8) is 0 Å². The minimum atomic E-state index is -0.300. The van der Waals surface area contributed by atoms with Crippen molar-refractivity contribution in [3.05, 3.63) is 24.0 Å². The highest BCUT2D eigenvalue weighted by Gasteiger charge is 2.09. The summed E-state index contributed by atoms with van der Waals surface area (Å²) in [5.41, 5.74) is 6.98. The molecule has 0 atom stereocenters. The summed E-state index contributed by atoms with van der Waals surface area (Å²) >= 11 is 0. The van der Waals surface area contributed by atoms with E-state index in [-0.39, 0.29) is 5.82 Å². The standard InChI is InChI=1S/C13H20FN3O/c14-11-2-3-13(12(15)10-11)16-4-1-5-17-6-8-18-9-7-17/h2-3,10,16H,1,4-9,15H2. The second kappa shape index (κ2) is 6.56. The highest BCUT2D eigenvalue weighted by Crippen LogP contribution is 2.18. The van der Waals surface area contributed by atoms with Gasteiger partial charge in [-0.15, -0.1) is 0 Å². The van der Waals surface area contributed by atoms with Crippen LogP contribution in [0.25, 0.3) is 0 Å². The van der Waals surface area contributed by atoms with Crippen LogP contribution in [0.4, 0.5) is 15.8 Å². The third-order valence-corrected chi connectivity index (χ3v) is 3.08. The van der Waals surface area contributed by atoms with Gasteiger partial charge in [0.15, 0.2) is 0 Å². The van der Waals surface area contributed by atoms with E-state index >= 15 is 0 Å². The SMILES string of the molecule is Nc1cc(F)ccc1NCCCN1CCOCC1. The van der Waals surface area contributed by atoms with Crippen molar-refractivity contribution >= 4 is 11.4 Å². The first-order chi connectivity index (χ1) is 8.75. The van der Waals surface area contributed by atoms with Gasteiger partial charge in [-0.05, 0) is 31.2 Å². The van der Waals surface area contributed by atoms with Crippen LogP contribution in [0.1, 0.15) is 6.42 Å². The Hall–Kier alpha value is -1.33. The number of benzene rings is 1. The maximum atomic E-state index is 12.9. The van der Waals surface area contributed by atoms with Gasteiger partial charge in [0.25, 0.3) is 0 Å². The molecule has 0 amide bonds. The van der Waals surface area contributed by atoms with Crippen LogP contribution in [0.3, 0.4) is 0 Å². The van der Waals surface area contributed by atoms with E-state index in [0.29, 0.717) is 5.69 Å². The van der Waals surface area contributed by atoms with Gasteiger partial charge >= 0.3 is 0 Å². The Morgan fingerprint density at radius 2 is 2.11 bits per heavy atom. The first-order valence-electron chi connectivity index (χ1n) is 6.35. The van der Waals surface area contributed by atoms with E-state index in [2.05, 4.69) is 10.2 Å². The first-order valence-corrected chi connectivity index (χ1v) is 6.35. The second-order valence-corrected chi connectivity index (χ2v) is 4.47. The van der Waals surface area contributed by atoms with Gasteiger partial charge < -0.3 is 15.8 Å². The van der Waals surface area contributed by atoms with Gasteiger partial charge in [0.1, 0.15) is 5.82 Å². The Kier molecular flexibility index (Phi) is 4.78. The van der Waals surface area contributed by atoms with Crippen molar-refractivity contribution in [3.8, 4) is 0 Å². The van der Waals surface area contributed by atoms with Crippen LogP contribution in [-0.2, 0) is 4.74 Å². The number of nitrogens with zero attached hydrogens (tertiary/aromatic N) is 1. The van der Waals surface area contributed by atoms with Crippen LogP contribution >= 0.6 is 0 Å². The van der Waals surface area contributed by atoms with E-state index in [9.17, 15) is 4.39 Å². The Balaban J connectivity index is 1.68. The summed E-state index contributed by atoms with van der Waals surface area (Å²) in [5.74, 6) is -0.300. The quantitative estimate of drug-likeness (QED) is 0.617. The molecule has 1 aromatic rings. The molecule has 18 heavy (non-hydrogen) atoms. The van der Waals surface area contributed by atoms with Gasteiger partial charge in [-0.2, -0.15) is 0 Å². The molecule has 2 rings (SSSR count). The molecular formula is C13H20FN3O. The molecule has 0 saturated carbocycles. The molecule has 3 N–H and O–H groups in total. The number of rotatable bonds is 5. The second-order valence-electron chi connectivity index (χ2n) is 4.47. The number of ether oxygens (including phenoxy) is 1. The zero-order chi connectivity index (χ0) is 12.8. The monoisotopic (exact) mass is 253 g/mol. The molecular weight excluding hydrogens is 233 g/mol. The maximum absolute atomic E-state index is 12.9. The van der Waals surface area contributed by atoms with Gasteiger partial charge in [0.2, 0.25) is 0 Å². The zero-order valence-electron chi connectivity index (χ0n) is 10.5. The number of morpholine rings is 1. The molecule has 0 aromatic heterocycles. The van der Waals surface area contributed by atoms with E-state index in [1.807, 2.05) is 0 Å². The van der Waals surface area contributed by atoms with Gasteiger partial charge in [-0.25, -0.2) is 4.39 Å². The van der Waals surface area contributed by atoms with Crippen LogP contribution in [0.5, 0.6) is 0 Å². The summed E-state index contributed by atoms with van der Waals surface area (Å²) in [6.07, 6.45) is 1.04. The van der Waals surface area contributed by atoms with E-state index in [4.69, 9.17) is 10.5 Å². The molecule has 0 unspecified atom stereocenters. The summed E-state index contributed by atoms with van der Waals surface area (Å²) in [6, 6.07) is 4.43. The van der Waals surface area contributed by atoms with Gasteiger partial charge in [-0.1, -0.05) is 0 Å². The van der Waals surface area contributed by atoms with Crippen LogP contribution in [0.2, 0.25) is 0 Å². The fraction of sp³-hybridized carbons (Fsp3) is 0.538. The summed E-state index contributed by atoms with van der Waals surface area (Å²) in [4.78, 5) is 2.39. The molecule has 5 heteroatoms. The van der Waals surface area contributed by atoms with Crippen molar-refractivity contribution in [2.75, 3.05) is 50.4 Å². The minimum absolute atomic E-state index is 0.300. The molecule has 0 radical (unpaired) electrons. The Labute approximate surface area is 107 Å². The number of nitrogens with two attached hydrogens (primary N) is 1. The van der Waals surface area contributed by atoms with Crippen LogP contribution in [0, 0.1) is 5.82 Å². The summed E-state index contributed by atoms with van der Waals surface area (Å²) in [5, 5.41) is 3.23. The Morgan fingerprint density at radius 3 is 2.83 bits per heavy atom. The summed E-state index contributed by atoms with van der Waals surface area (Å²) < 4.78 is 18.1.